The highest BCUT2D eigenvalue weighted by atomic mass is 35.5. The third kappa shape index (κ3) is 2.43. The summed E-state index contributed by atoms with van der Waals surface area (Å²) < 4.78 is 5.48. The van der Waals surface area contributed by atoms with Gasteiger partial charge in [0, 0.05) is 22.0 Å². The molecule has 2 nitrogen and oxygen atoms in total. The third-order valence-electron chi connectivity index (χ3n) is 4.72. The van der Waals surface area contributed by atoms with Crippen molar-refractivity contribution in [3.05, 3.63) is 64.7 Å². The van der Waals surface area contributed by atoms with Gasteiger partial charge in [-0.25, -0.2) is 0 Å². The van der Waals surface area contributed by atoms with E-state index in [1.54, 1.807) is 7.11 Å². The fraction of sp³-hybridized carbons (Fsp3) is 0.333. The van der Waals surface area contributed by atoms with E-state index in [9.17, 15) is 0 Å². The van der Waals surface area contributed by atoms with E-state index in [-0.39, 0.29) is 11.5 Å². The van der Waals surface area contributed by atoms with Crippen molar-refractivity contribution in [3.8, 4) is 5.75 Å². The Bertz CT molecular complexity index is 622. The zero-order valence-electron chi connectivity index (χ0n) is 12.2. The zero-order valence-corrected chi connectivity index (χ0v) is 12.9. The summed E-state index contributed by atoms with van der Waals surface area (Å²) in [4.78, 5) is 0. The van der Waals surface area contributed by atoms with E-state index in [2.05, 4.69) is 24.3 Å². The highest BCUT2D eigenvalue weighted by Crippen LogP contribution is 2.52. The van der Waals surface area contributed by atoms with Gasteiger partial charge in [0.15, 0.2) is 0 Å². The summed E-state index contributed by atoms with van der Waals surface area (Å²) >= 11 is 6.16. The average Bonchev–Trinajstić information content (AvgIpc) is 2.47. The number of hydrogen-bond acceptors (Lipinski definition) is 2. The highest BCUT2D eigenvalue weighted by Gasteiger charge is 2.45. The smallest absolute Gasteiger partial charge is 0.123 e. The molecule has 1 aliphatic rings. The summed E-state index contributed by atoms with van der Waals surface area (Å²) in [5.74, 6) is 0.814. The van der Waals surface area contributed by atoms with Crippen molar-refractivity contribution in [1.82, 2.24) is 0 Å². The monoisotopic (exact) mass is 301 g/mol. The fourth-order valence-electron chi connectivity index (χ4n) is 3.35. The summed E-state index contributed by atoms with van der Waals surface area (Å²) in [5, 5.41) is 0.698. The molecule has 0 aromatic heterocycles. The summed E-state index contributed by atoms with van der Waals surface area (Å²) in [6.07, 6.45) is 3.42. The Kier molecular flexibility index (Phi) is 3.92. The molecule has 1 unspecified atom stereocenters. The van der Waals surface area contributed by atoms with Crippen LogP contribution in [0, 0.1) is 0 Å². The topological polar surface area (TPSA) is 35.2 Å². The molecule has 0 bridgehead atoms. The minimum atomic E-state index is -0.109. The maximum Gasteiger partial charge on any atom is 0.123 e. The van der Waals surface area contributed by atoms with Gasteiger partial charge in [0.25, 0.3) is 0 Å². The van der Waals surface area contributed by atoms with E-state index in [0.717, 1.165) is 24.2 Å². The van der Waals surface area contributed by atoms with E-state index in [4.69, 9.17) is 22.1 Å². The second kappa shape index (κ2) is 5.70. The van der Waals surface area contributed by atoms with Crippen LogP contribution in [0.25, 0.3) is 0 Å². The van der Waals surface area contributed by atoms with Crippen LogP contribution in [0.15, 0.2) is 48.5 Å². The normalized spacial score (nSPS) is 17.9. The Morgan fingerprint density at radius 1 is 1.14 bits per heavy atom. The summed E-state index contributed by atoms with van der Waals surface area (Å²) in [5.41, 5.74) is 8.98. The molecule has 1 aliphatic carbocycles. The quantitative estimate of drug-likeness (QED) is 0.904. The number of methoxy groups -OCH3 is 1. The Morgan fingerprint density at radius 2 is 1.86 bits per heavy atom. The van der Waals surface area contributed by atoms with Gasteiger partial charge in [-0.2, -0.15) is 0 Å². The minimum Gasteiger partial charge on any atom is -0.496 e. The maximum absolute atomic E-state index is 6.67. The number of rotatable bonds is 4. The Hall–Kier alpha value is -1.51. The number of nitrogens with two attached hydrogens (primary N) is 1. The van der Waals surface area contributed by atoms with E-state index in [1.807, 2.05) is 24.3 Å². The molecule has 0 amide bonds. The van der Waals surface area contributed by atoms with Gasteiger partial charge in [0.05, 0.1) is 7.11 Å². The van der Waals surface area contributed by atoms with Gasteiger partial charge in [-0.05, 0) is 36.6 Å². The van der Waals surface area contributed by atoms with E-state index >= 15 is 0 Å². The van der Waals surface area contributed by atoms with Crippen molar-refractivity contribution in [2.24, 2.45) is 5.73 Å². The molecule has 1 fully saturated rings. The van der Waals surface area contributed by atoms with Gasteiger partial charge >= 0.3 is 0 Å². The van der Waals surface area contributed by atoms with Gasteiger partial charge in [-0.1, -0.05) is 48.4 Å². The first-order valence-corrected chi connectivity index (χ1v) is 7.70. The van der Waals surface area contributed by atoms with Crippen molar-refractivity contribution in [2.45, 2.75) is 30.7 Å². The van der Waals surface area contributed by atoms with Crippen LogP contribution >= 0.6 is 11.6 Å². The van der Waals surface area contributed by atoms with E-state index in [0.29, 0.717) is 5.02 Å². The van der Waals surface area contributed by atoms with E-state index in [1.165, 1.54) is 12.0 Å². The molecular formula is C18H20ClNO. The Balaban J connectivity index is 2.04. The predicted octanol–water partition coefficient (Wildman–Crippen LogP) is 4.47. The van der Waals surface area contributed by atoms with Crippen LogP contribution in [0.5, 0.6) is 5.75 Å². The van der Waals surface area contributed by atoms with Crippen LogP contribution in [0.4, 0.5) is 0 Å². The lowest BCUT2D eigenvalue weighted by atomic mass is 9.59. The molecule has 0 aliphatic heterocycles. The lowest BCUT2D eigenvalue weighted by Gasteiger charge is -2.47. The molecule has 1 saturated carbocycles. The van der Waals surface area contributed by atoms with Gasteiger partial charge < -0.3 is 10.5 Å². The van der Waals surface area contributed by atoms with Crippen molar-refractivity contribution in [2.75, 3.05) is 7.11 Å². The second-order valence-corrected chi connectivity index (χ2v) is 6.18. The maximum atomic E-state index is 6.67. The minimum absolute atomic E-state index is 0.000772. The first-order valence-electron chi connectivity index (χ1n) is 7.32. The second-order valence-electron chi connectivity index (χ2n) is 5.74. The molecular weight excluding hydrogens is 282 g/mol. The molecule has 0 heterocycles. The SMILES string of the molecule is COc1ccc(Cl)cc1C(N)C1(c2ccccc2)CCC1. The molecule has 2 aromatic carbocycles. The summed E-state index contributed by atoms with van der Waals surface area (Å²) in [6.45, 7) is 0. The van der Waals surface area contributed by atoms with Gasteiger partial charge in [0.1, 0.15) is 5.75 Å². The molecule has 0 radical (unpaired) electrons. The lowest BCUT2D eigenvalue weighted by molar-refractivity contribution is 0.194. The highest BCUT2D eigenvalue weighted by molar-refractivity contribution is 6.30. The third-order valence-corrected chi connectivity index (χ3v) is 4.95. The number of ether oxygens (including phenoxy) is 1. The molecule has 21 heavy (non-hydrogen) atoms. The number of halogens is 1. The van der Waals surface area contributed by atoms with Crippen molar-refractivity contribution >= 4 is 11.6 Å². The first-order chi connectivity index (χ1) is 10.2. The van der Waals surface area contributed by atoms with Gasteiger partial charge in [-0.15, -0.1) is 0 Å². The first kappa shape index (κ1) is 14.4. The average molecular weight is 302 g/mol. The molecule has 3 heteroatoms. The standard InChI is InChI=1S/C18H20ClNO/c1-21-16-9-8-14(19)12-15(16)17(20)18(10-5-11-18)13-6-3-2-4-7-13/h2-4,6-9,12,17H,5,10-11,20H2,1H3. The van der Waals surface area contributed by atoms with Crippen molar-refractivity contribution < 1.29 is 4.74 Å². The van der Waals surface area contributed by atoms with Crippen LogP contribution in [-0.2, 0) is 5.41 Å². The molecule has 1 atom stereocenters. The predicted molar refractivity (Wildman–Crippen MR) is 86.9 cm³/mol. The lowest BCUT2D eigenvalue weighted by Crippen LogP contribution is -2.44. The molecule has 0 spiro atoms. The van der Waals surface area contributed by atoms with Crippen LogP contribution in [-0.4, -0.2) is 7.11 Å². The summed E-state index contributed by atoms with van der Waals surface area (Å²) in [7, 11) is 1.68. The zero-order chi connectivity index (χ0) is 14.9. The molecule has 0 saturated heterocycles. The van der Waals surface area contributed by atoms with Crippen LogP contribution in [0.2, 0.25) is 5.02 Å². The number of benzene rings is 2. The Labute approximate surface area is 130 Å². The largest absolute Gasteiger partial charge is 0.496 e. The van der Waals surface area contributed by atoms with Crippen LogP contribution < -0.4 is 10.5 Å². The molecule has 2 aromatic rings. The fourth-order valence-corrected chi connectivity index (χ4v) is 3.53. The van der Waals surface area contributed by atoms with Gasteiger partial charge in [0.2, 0.25) is 0 Å². The Morgan fingerprint density at radius 3 is 2.43 bits per heavy atom. The molecule has 3 rings (SSSR count). The van der Waals surface area contributed by atoms with Crippen molar-refractivity contribution in [3.63, 3.8) is 0 Å². The summed E-state index contributed by atoms with van der Waals surface area (Å²) in [6, 6.07) is 16.1. The van der Waals surface area contributed by atoms with Crippen LogP contribution in [0.1, 0.15) is 36.4 Å². The van der Waals surface area contributed by atoms with Gasteiger partial charge in [-0.3, -0.25) is 0 Å². The molecule has 2 N–H and O–H groups in total. The number of hydrogen-bond donors (Lipinski definition) is 1. The van der Waals surface area contributed by atoms with Crippen LogP contribution in [0.3, 0.4) is 0 Å². The molecule has 110 valence electrons. The van der Waals surface area contributed by atoms with Crippen molar-refractivity contribution in [1.29, 1.82) is 0 Å². The van der Waals surface area contributed by atoms with E-state index < -0.39 is 0 Å².